The fraction of sp³-hybridized carbons (Fsp3) is 0.429. The lowest BCUT2D eigenvalue weighted by Gasteiger charge is -2.29. The number of methoxy groups -OCH3 is 2. The number of alkyl carbamates (subject to hydrolysis) is 2. The molecule has 298 valence electrons. The summed E-state index contributed by atoms with van der Waals surface area (Å²) in [6, 6.07) is 11.1. The van der Waals surface area contributed by atoms with Gasteiger partial charge in [0.25, 0.3) is 0 Å². The predicted octanol–water partition coefficient (Wildman–Crippen LogP) is 6.63. The molecule has 4 N–H and O–H groups in total. The Morgan fingerprint density at radius 3 is 2.14 bits per heavy atom. The van der Waals surface area contributed by atoms with E-state index in [0.29, 0.717) is 30.4 Å². The predicted molar refractivity (Wildman–Crippen MR) is 215 cm³/mol. The molecule has 56 heavy (non-hydrogen) atoms. The molecule has 2 saturated heterocycles. The molecule has 2 fully saturated rings. The largest absolute Gasteiger partial charge is 0.453 e. The van der Waals surface area contributed by atoms with E-state index in [9.17, 15) is 19.2 Å². The summed E-state index contributed by atoms with van der Waals surface area (Å²) in [5, 5.41) is 7.20. The smallest absolute Gasteiger partial charge is 0.407 e. The molecule has 4 amide bonds. The van der Waals surface area contributed by atoms with Gasteiger partial charge in [-0.2, -0.15) is 0 Å². The molecule has 1 unspecified atom stereocenters. The fourth-order valence-corrected chi connectivity index (χ4v) is 6.72. The summed E-state index contributed by atoms with van der Waals surface area (Å²) in [6.45, 7) is 15.1. The summed E-state index contributed by atoms with van der Waals surface area (Å²) < 4.78 is 9.30. The van der Waals surface area contributed by atoms with Crippen molar-refractivity contribution < 1.29 is 28.7 Å². The molecular weight excluding hydrogens is 713 g/mol. The lowest BCUT2D eigenvalue weighted by molar-refractivity contribution is -0.135. The van der Waals surface area contributed by atoms with Gasteiger partial charge < -0.3 is 39.9 Å². The third-order valence-electron chi connectivity index (χ3n) is 9.38. The minimum atomic E-state index is -0.697. The minimum Gasteiger partial charge on any atom is -0.453 e. The first-order valence-corrected chi connectivity index (χ1v) is 19.0. The van der Waals surface area contributed by atoms with Gasteiger partial charge in [-0.25, -0.2) is 19.6 Å². The highest BCUT2D eigenvalue weighted by Gasteiger charge is 2.37. The highest BCUT2D eigenvalue weighted by molar-refractivity contribution is 5.88. The number of ether oxygens (including phenoxy) is 2. The molecule has 0 aliphatic carbocycles. The second-order valence-corrected chi connectivity index (χ2v) is 13.7. The number of H-pyrrole nitrogens is 2. The molecule has 2 aromatic carbocycles. The zero-order chi connectivity index (χ0) is 40.8. The van der Waals surface area contributed by atoms with Crippen molar-refractivity contribution in [3.63, 3.8) is 0 Å². The Kier molecular flexibility index (Phi) is 15.6. The van der Waals surface area contributed by atoms with Gasteiger partial charge in [0, 0.05) is 24.2 Å². The van der Waals surface area contributed by atoms with Gasteiger partial charge in [-0.05, 0) is 66.5 Å². The Morgan fingerprint density at radius 2 is 1.46 bits per heavy atom. The van der Waals surface area contributed by atoms with E-state index in [0.717, 1.165) is 53.3 Å². The van der Waals surface area contributed by atoms with Crippen molar-refractivity contribution in [1.82, 2.24) is 40.4 Å². The number of rotatable bonds is 8. The number of aromatic amines is 2. The SMILES string of the molecule is C=C.CCC.COC(=O)NCC(=O)N1CCC[C@@H]1c1ncc(-c2ccc3cc(C#Cc4cnc([C@H]5CCCN5C(=O)C(NC(=O)OC)C(C)C)[nH]4)ccc3c2)[nH]1. The molecule has 4 aromatic rings. The number of hydrogen-bond donors (Lipinski definition) is 4. The Balaban J connectivity index is 0.00000133. The number of aromatic nitrogens is 4. The Labute approximate surface area is 328 Å². The minimum absolute atomic E-state index is 0.112. The van der Waals surface area contributed by atoms with Crippen LogP contribution in [0, 0.1) is 17.8 Å². The molecule has 0 radical (unpaired) electrons. The van der Waals surface area contributed by atoms with Crippen molar-refractivity contribution in [3.8, 4) is 23.1 Å². The summed E-state index contributed by atoms with van der Waals surface area (Å²) in [6.07, 6.45) is 6.67. The fourth-order valence-electron chi connectivity index (χ4n) is 6.72. The topological polar surface area (TPSA) is 175 Å². The van der Waals surface area contributed by atoms with Crippen molar-refractivity contribution in [1.29, 1.82) is 0 Å². The summed E-state index contributed by atoms with van der Waals surface area (Å²) in [4.78, 5) is 68.9. The Bertz CT molecular complexity index is 2030. The molecule has 0 bridgehead atoms. The number of nitrogens with one attached hydrogen (secondary N) is 4. The van der Waals surface area contributed by atoms with Crippen molar-refractivity contribution in [2.75, 3.05) is 33.9 Å². The van der Waals surface area contributed by atoms with Crippen LogP contribution < -0.4 is 10.6 Å². The van der Waals surface area contributed by atoms with Crippen molar-refractivity contribution in [2.24, 2.45) is 5.92 Å². The zero-order valence-corrected chi connectivity index (χ0v) is 33.2. The van der Waals surface area contributed by atoms with Gasteiger partial charge in [0.15, 0.2) is 0 Å². The average Bonchev–Trinajstić information content (AvgIpc) is 4.05. The quantitative estimate of drug-likeness (QED) is 0.114. The van der Waals surface area contributed by atoms with Gasteiger partial charge in [0.05, 0.1) is 44.4 Å². The van der Waals surface area contributed by atoms with E-state index in [1.54, 1.807) is 22.2 Å². The lowest BCUT2D eigenvalue weighted by atomic mass is 10.0. The van der Waals surface area contributed by atoms with Gasteiger partial charge in [0.2, 0.25) is 11.8 Å². The summed E-state index contributed by atoms with van der Waals surface area (Å²) in [5.41, 5.74) is 3.30. The average molecular weight is 767 g/mol. The normalized spacial score (nSPS) is 16.4. The first-order valence-electron chi connectivity index (χ1n) is 19.0. The molecule has 14 nitrogen and oxygen atoms in total. The summed E-state index contributed by atoms with van der Waals surface area (Å²) in [7, 11) is 2.54. The van der Waals surface area contributed by atoms with Crippen LogP contribution in [-0.4, -0.2) is 93.6 Å². The second-order valence-electron chi connectivity index (χ2n) is 13.7. The van der Waals surface area contributed by atoms with Crippen molar-refractivity contribution in [3.05, 3.63) is 84.9 Å². The molecule has 4 heterocycles. The molecule has 0 spiro atoms. The maximum absolute atomic E-state index is 13.4. The van der Waals surface area contributed by atoms with Crippen LogP contribution in [0.15, 0.2) is 61.9 Å². The maximum Gasteiger partial charge on any atom is 0.407 e. The van der Waals surface area contributed by atoms with Gasteiger partial charge in [-0.3, -0.25) is 9.59 Å². The number of benzene rings is 2. The number of fused-ring (bicyclic) bond motifs is 1. The van der Waals surface area contributed by atoms with Crippen LogP contribution in [0.3, 0.4) is 0 Å². The summed E-state index contributed by atoms with van der Waals surface area (Å²) >= 11 is 0. The molecule has 0 saturated carbocycles. The van der Waals surface area contributed by atoms with E-state index < -0.39 is 18.2 Å². The van der Waals surface area contributed by atoms with E-state index in [2.05, 4.69) is 80.2 Å². The standard InChI is InChI=1S/C37H42N8O6.C3H8.C2H4/c1-22(2)32(43-37(49)51-4)35(47)45-16-6-8-30(45)33-38-19-27(41-33)14-10-23-9-11-25-18-26(13-12-24(25)17-23)28-20-39-34(42-28)29-7-5-15-44(29)31(46)21-40-36(48)50-3;1-3-2;1-2/h9,11-13,17-20,22,29-30,32H,5-8,15-16,21H2,1-4H3,(H,38,41)(H,39,42)(H,40,48)(H,43,49);3H2,1-2H3;1-2H2/t29-,30-,32?;;/m1../s1. The van der Waals surface area contributed by atoms with Crippen LogP contribution in [0.4, 0.5) is 9.59 Å². The number of carbonyl (C=O) groups excluding carboxylic acids is 4. The van der Waals surface area contributed by atoms with Crippen LogP contribution in [-0.2, 0) is 19.1 Å². The number of likely N-dealkylation sites (tertiary alicyclic amines) is 2. The van der Waals surface area contributed by atoms with Crippen LogP contribution in [0.2, 0.25) is 0 Å². The van der Waals surface area contributed by atoms with E-state index in [4.69, 9.17) is 4.74 Å². The van der Waals surface area contributed by atoms with Crippen LogP contribution >= 0.6 is 0 Å². The molecule has 14 heteroatoms. The number of nitrogens with zero attached hydrogens (tertiary/aromatic N) is 4. The molecular formula is C42H54N8O6. The van der Waals surface area contributed by atoms with Gasteiger partial charge in [-0.1, -0.05) is 58.2 Å². The highest BCUT2D eigenvalue weighted by atomic mass is 16.5. The van der Waals surface area contributed by atoms with E-state index in [-0.39, 0.29) is 36.4 Å². The number of amides is 4. The van der Waals surface area contributed by atoms with Gasteiger partial charge in [0.1, 0.15) is 29.9 Å². The van der Waals surface area contributed by atoms with E-state index >= 15 is 0 Å². The Hall–Kier alpha value is -6.10. The van der Waals surface area contributed by atoms with Gasteiger partial charge >= 0.3 is 12.2 Å². The number of carbonyl (C=O) groups is 4. The van der Waals surface area contributed by atoms with Crippen LogP contribution in [0.1, 0.15) is 94.8 Å². The third kappa shape index (κ3) is 10.6. The zero-order valence-electron chi connectivity index (χ0n) is 33.2. The lowest BCUT2D eigenvalue weighted by Crippen LogP contribution is -2.51. The van der Waals surface area contributed by atoms with Crippen LogP contribution in [0.5, 0.6) is 0 Å². The first-order chi connectivity index (χ1) is 27.1. The molecule has 6 rings (SSSR count). The summed E-state index contributed by atoms with van der Waals surface area (Å²) in [5.74, 6) is 7.32. The number of hydrogen-bond acceptors (Lipinski definition) is 8. The highest BCUT2D eigenvalue weighted by Crippen LogP contribution is 2.33. The van der Waals surface area contributed by atoms with Crippen molar-refractivity contribution >= 4 is 34.8 Å². The van der Waals surface area contributed by atoms with E-state index in [1.807, 2.05) is 44.2 Å². The van der Waals surface area contributed by atoms with Gasteiger partial charge in [-0.15, -0.1) is 13.2 Å². The van der Waals surface area contributed by atoms with E-state index in [1.165, 1.54) is 20.6 Å². The molecule has 2 aliphatic rings. The third-order valence-corrected chi connectivity index (χ3v) is 9.38. The molecule has 2 aliphatic heterocycles. The molecule has 2 aromatic heterocycles. The first kappa shape index (κ1) is 42.6. The maximum atomic E-state index is 13.4. The number of imidazole rings is 2. The Morgan fingerprint density at radius 1 is 0.857 bits per heavy atom. The van der Waals surface area contributed by atoms with Crippen molar-refractivity contribution in [2.45, 2.75) is 77.9 Å². The second kappa shape index (κ2) is 20.5. The van der Waals surface area contributed by atoms with Crippen LogP contribution in [0.25, 0.3) is 22.0 Å². The monoisotopic (exact) mass is 766 g/mol. The molecule has 3 atom stereocenters.